The van der Waals surface area contributed by atoms with Gasteiger partial charge in [0.15, 0.2) is 0 Å². The van der Waals surface area contributed by atoms with E-state index in [1.807, 2.05) is 0 Å². The number of nitrogens with zero attached hydrogens (tertiary/aromatic N) is 2. The van der Waals surface area contributed by atoms with Crippen LogP contribution in [0.2, 0.25) is 5.15 Å². The molecule has 0 fully saturated rings. The Morgan fingerprint density at radius 2 is 2.12 bits per heavy atom. The lowest BCUT2D eigenvalue weighted by Gasteiger charge is -2.21. The number of rotatable bonds is 3. The van der Waals surface area contributed by atoms with E-state index in [0.29, 0.717) is 5.56 Å². The van der Waals surface area contributed by atoms with Crippen molar-refractivity contribution in [3.05, 3.63) is 29.0 Å². The third kappa shape index (κ3) is 2.70. The van der Waals surface area contributed by atoms with Crippen molar-refractivity contribution >= 4 is 23.5 Å². The fraction of sp³-hybridized carbons (Fsp3) is 0.300. The zero-order valence-corrected chi connectivity index (χ0v) is 9.60. The van der Waals surface area contributed by atoms with Crippen molar-refractivity contribution in [2.75, 3.05) is 7.05 Å². The van der Waals surface area contributed by atoms with Crippen LogP contribution in [0.1, 0.15) is 17.3 Å². The maximum atomic E-state index is 11.8. The highest BCUT2D eigenvalue weighted by Gasteiger charge is 2.22. The van der Waals surface area contributed by atoms with Gasteiger partial charge in [0.2, 0.25) is 0 Å². The number of carbonyl (C=O) groups is 2. The molecule has 0 aromatic carbocycles. The Morgan fingerprint density at radius 1 is 1.50 bits per heavy atom. The van der Waals surface area contributed by atoms with Gasteiger partial charge in [0, 0.05) is 13.2 Å². The molecular formula is C10H11ClN2O3. The minimum absolute atomic E-state index is 0.283. The summed E-state index contributed by atoms with van der Waals surface area (Å²) in [6, 6.07) is 2.10. The van der Waals surface area contributed by atoms with E-state index in [0.717, 1.165) is 4.90 Å². The van der Waals surface area contributed by atoms with Gasteiger partial charge in [0.1, 0.15) is 11.2 Å². The number of hydrogen-bond acceptors (Lipinski definition) is 3. The molecule has 1 aromatic rings. The quantitative estimate of drug-likeness (QED) is 0.811. The van der Waals surface area contributed by atoms with Crippen LogP contribution in [0.3, 0.4) is 0 Å². The SMILES string of the molecule is CC(C(=O)O)N(C)C(=O)c1ccc(Cl)nc1. The van der Waals surface area contributed by atoms with Crippen LogP contribution in [0.4, 0.5) is 0 Å². The Labute approximate surface area is 97.7 Å². The summed E-state index contributed by atoms with van der Waals surface area (Å²) in [5.74, 6) is -1.46. The second-order valence-electron chi connectivity index (χ2n) is 3.30. The van der Waals surface area contributed by atoms with Gasteiger partial charge >= 0.3 is 5.97 Å². The molecule has 1 N–H and O–H groups in total. The first-order chi connectivity index (χ1) is 7.43. The molecule has 1 aromatic heterocycles. The molecule has 0 bridgehead atoms. The molecule has 1 amide bonds. The van der Waals surface area contributed by atoms with Crippen LogP contribution in [-0.2, 0) is 4.79 Å². The van der Waals surface area contributed by atoms with E-state index in [-0.39, 0.29) is 5.15 Å². The van der Waals surface area contributed by atoms with E-state index in [9.17, 15) is 9.59 Å². The van der Waals surface area contributed by atoms with Crippen molar-refractivity contribution in [1.82, 2.24) is 9.88 Å². The number of carboxylic acid groups (broad SMARTS) is 1. The lowest BCUT2D eigenvalue weighted by molar-refractivity contribution is -0.141. The number of amides is 1. The molecule has 1 rings (SSSR count). The van der Waals surface area contributed by atoms with Gasteiger partial charge in [-0.1, -0.05) is 11.6 Å². The monoisotopic (exact) mass is 242 g/mol. The van der Waals surface area contributed by atoms with Crippen LogP contribution in [0.25, 0.3) is 0 Å². The molecule has 16 heavy (non-hydrogen) atoms. The van der Waals surface area contributed by atoms with Crippen LogP contribution in [0, 0.1) is 0 Å². The summed E-state index contributed by atoms with van der Waals surface area (Å²) in [5, 5.41) is 9.04. The number of aromatic nitrogens is 1. The number of likely N-dealkylation sites (N-methyl/N-ethyl adjacent to an activating group) is 1. The van der Waals surface area contributed by atoms with Gasteiger partial charge in [-0.3, -0.25) is 4.79 Å². The third-order valence-corrected chi connectivity index (χ3v) is 2.46. The van der Waals surface area contributed by atoms with Crippen LogP contribution in [0.5, 0.6) is 0 Å². The molecule has 0 aliphatic carbocycles. The van der Waals surface area contributed by atoms with Gasteiger partial charge < -0.3 is 10.0 Å². The van der Waals surface area contributed by atoms with Crippen LogP contribution < -0.4 is 0 Å². The van der Waals surface area contributed by atoms with Gasteiger partial charge in [-0.05, 0) is 19.1 Å². The van der Waals surface area contributed by atoms with E-state index in [1.165, 1.54) is 32.3 Å². The standard InChI is InChI=1S/C10H11ClN2O3/c1-6(10(15)16)13(2)9(14)7-3-4-8(11)12-5-7/h3-6H,1-2H3,(H,15,16). The van der Waals surface area contributed by atoms with Crippen molar-refractivity contribution < 1.29 is 14.7 Å². The molecule has 5 nitrogen and oxygen atoms in total. The van der Waals surface area contributed by atoms with Gasteiger partial charge in [0.05, 0.1) is 5.56 Å². The molecule has 1 unspecified atom stereocenters. The molecular weight excluding hydrogens is 232 g/mol. The maximum absolute atomic E-state index is 11.8. The predicted molar refractivity (Wildman–Crippen MR) is 58.4 cm³/mol. The average molecular weight is 243 g/mol. The van der Waals surface area contributed by atoms with Crippen LogP contribution in [0.15, 0.2) is 18.3 Å². The van der Waals surface area contributed by atoms with E-state index in [1.54, 1.807) is 0 Å². The fourth-order valence-corrected chi connectivity index (χ4v) is 1.16. The van der Waals surface area contributed by atoms with Crippen molar-refractivity contribution in [2.45, 2.75) is 13.0 Å². The number of aliphatic carboxylic acids is 1. The lowest BCUT2D eigenvalue weighted by Crippen LogP contribution is -2.40. The number of pyridine rings is 1. The Kier molecular flexibility index (Phi) is 3.84. The topological polar surface area (TPSA) is 70.5 Å². The Morgan fingerprint density at radius 3 is 2.56 bits per heavy atom. The van der Waals surface area contributed by atoms with Gasteiger partial charge in [0.25, 0.3) is 5.91 Å². The normalized spacial score (nSPS) is 11.9. The first kappa shape index (κ1) is 12.4. The third-order valence-electron chi connectivity index (χ3n) is 2.23. The van der Waals surface area contributed by atoms with Crippen molar-refractivity contribution in [3.8, 4) is 0 Å². The summed E-state index contributed by atoms with van der Waals surface area (Å²) in [5.41, 5.74) is 0.306. The molecule has 1 heterocycles. The predicted octanol–water partition coefficient (Wildman–Crippen LogP) is 1.28. The molecule has 0 radical (unpaired) electrons. The van der Waals surface area contributed by atoms with E-state index >= 15 is 0 Å². The highest BCUT2D eigenvalue weighted by molar-refractivity contribution is 6.29. The second kappa shape index (κ2) is 4.94. The number of halogens is 1. The largest absolute Gasteiger partial charge is 0.480 e. The van der Waals surface area contributed by atoms with Gasteiger partial charge in [-0.15, -0.1) is 0 Å². The minimum Gasteiger partial charge on any atom is -0.480 e. The molecule has 0 aliphatic heterocycles. The zero-order chi connectivity index (χ0) is 12.3. The maximum Gasteiger partial charge on any atom is 0.326 e. The summed E-state index contributed by atoms with van der Waals surface area (Å²) < 4.78 is 0. The highest BCUT2D eigenvalue weighted by Crippen LogP contribution is 2.09. The van der Waals surface area contributed by atoms with Crippen LogP contribution >= 0.6 is 11.6 Å². The fourth-order valence-electron chi connectivity index (χ4n) is 1.05. The molecule has 0 aliphatic rings. The molecule has 0 saturated heterocycles. The summed E-state index contributed by atoms with van der Waals surface area (Å²) >= 11 is 5.58. The Bertz CT molecular complexity index is 405. The minimum atomic E-state index is -1.06. The Hall–Kier alpha value is -1.62. The zero-order valence-electron chi connectivity index (χ0n) is 8.85. The highest BCUT2D eigenvalue weighted by atomic mass is 35.5. The van der Waals surface area contributed by atoms with E-state index < -0.39 is 17.9 Å². The second-order valence-corrected chi connectivity index (χ2v) is 3.69. The number of carbonyl (C=O) groups excluding carboxylic acids is 1. The molecule has 0 saturated carbocycles. The molecule has 6 heteroatoms. The first-order valence-corrected chi connectivity index (χ1v) is 4.93. The van der Waals surface area contributed by atoms with Gasteiger partial charge in [-0.2, -0.15) is 0 Å². The molecule has 1 atom stereocenters. The average Bonchev–Trinajstić information content (AvgIpc) is 2.27. The van der Waals surface area contributed by atoms with E-state index in [4.69, 9.17) is 16.7 Å². The van der Waals surface area contributed by atoms with Gasteiger partial charge in [-0.25, -0.2) is 9.78 Å². The number of hydrogen-bond donors (Lipinski definition) is 1. The Balaban J connectivity index is 2.86. The number of carboxylic acids is 1. The molecule has 0 spiro atoms. The summed E-state index contributed by atoms with van der Waals surface area (Å²) in [4.78, 5) is 27.4. The smallest absolute Gasteiger partial charge is 0.326 e. The summed E-state index contributed by atoms with van der Waals surface area (Å²) in [6.07, 6.45) is 1.32. The lowest BCUT2D eigenvalue weighted by atomic mass is 10.2. The van der Waals surface area contributed by atoms with Crippen molar-refractivity contribution in [3.63, 3.8) is 0 Å². The summed E-state index contributed by atoms with van der Waals surface area (Å²) in [6.45, 7) is 1.43. The van der Waals surface area contributed by atoms with Crippen molar-refractivity contribution in [1.29, 1.82) is 0 Å². The first-order valence-electron chi connectivity index (χ1n) is 4.55. The van der Waals surface area contributed by atoms with E-state index in [2.05, 4.69) is 4.98 Å². The molecule has 86 valence electrons. The van der Waals surface area contributed by atoms with Crippen LogP contribution in [-0.4, -0.2) is 40.0 Å². The summed E-state index contributed by atoms with van der Waals surface area (Å²) in [7, 11) is 1.43. The van der Waals surface area contributed by atoms with Crippen molar-refractivity contribution in [2.24, 2.45) is 0 Å².